The lowest BCUT2D eigenvalue weighted by Gasteiger charge is -2.13. The number of amides is 2. The number of rotatable bonds is 7. The number of imide groups is 1. The molecule has 1 aliphatic heterocycles. The number of benzene rings is 2. The number of hydrogen-bond acceptors (Lipinski definition) is 6. The maximum atomic E-state index is 12.7. The van der Waals surface area contributed by atoms with Crippen molar-refractivity contribution in [3.8, 4) is 17.1 Å². The van der Waals surface area contributed by atoms with Gasteiger partial charge in [0.25, 0.3) is 11.1 Å². The fraction of sp³-hybridized carbons (Fsp3) is 0.125. The summed E-state index contributed by atoms with van der Waals surface area (Å²) in [7, 11) is 0. The van der Waals surface area contributed by atoms with Crippen LogP contribution in [0.3, 0.4) is 0 Å². The van der Waals surface area contributed by atoms with Crippen LogP contribution in [0.25, 0.3) is 17.4 Å². The lowest BCUT2D eigenvalue weighted by Crippen LogP contribution is -2.32. The molecule has 0 saturated carbocycles. The van der Waals surface area contributed by atoms with Gasteiger partial charge in [0.15, 0.2) is 0 Å². The number of aromatic carboxylic acids is 1. The van der Waals surface area contributed by atoms with E-state index in [1.807, 2.05) is 31.2 Å². The summed E-state index contributed by atoms with van der Waals surface area (Å²) in [6.45, 7) is 2.31. The second-order valence-electron chi connectivity index (χ2n) is 7.08. The highest BCUT2D eigenvalue weighted by atomic mass is 32.2. The van der Waals surface area contributed by atoms with Crippen LogP contribution < -0.4 is 4.74 Å². The molecule has 3 aromatic rings. The van der Waals surface area contributed by atoms with Gasteiger partial charge in [-0.25, -0.2) is 4.79 Å². The van der Waals surface area contributed by atoms with E-state index in [2.05, 4.69) is 0 Å². The van der Waals surface area contributed by atoms with Crippen LogP contribution in [0.1, 0.15) is 21.7 Å². The number of aryl methyl sites for hydroxylation is 1. The van der Waals surface area contributed by atoms with Crippen molar-refractivity contribution in [3.63, 3.8) is 0 Å². The molecule has 4 rings (SSSR count). The average Bonchev–Trinajstić information content (AvgIpc) is 3.35. The highest BCUT2D eigenvalue weighted by Crippen LogP contribution is 2.33. The summed E-state index contributed by atoms with van der Waals surface area (Å²) >= 11 is 0.842. The van der Waals surface area contributed by atoms with E-state index in [0.29, 0.717) is 22.8 Å². The van der Waals surface area contributed by atoms with Crippen LogP contribution in [0.15, 0.2) is 70.0 Å². The topological polar surface area (TPSA) is 97.1 Å². The van der Waals surface area contributed by atoms with Gasteiger partial charge in [0.05, 0.1) is 17.0 Å². The van der Waals surface area contributed by atoms with Crippen molar-refractivity contribution in [2.45, 2.75) is 6.92 Å². The second-order valence-corrected chi connectivity index (χ2v) is 8.08. The van der Waals surface area contributed by atoms with E-state index in [1.54, 1.807) is 24.3 Å². The monoisotopic (exact) mass is 449 g/mol. The highest BCUT2D eigenvalue weighted by molar-refractivity contribution is 8.18. The van der Waals surface area contributed by atoms with Gasteiger partial charge in [-0.05, 0) is 55.1 Å². The number of furan rings is 1. The molecule has 0 spiro atoms. The molecule has 7 nitrogen and oxygen atoms in total. The van der Waals surface area contributed by atoms with Gasteiger partial charge in [0.1, 0.15) is 23.9 Å². The fourth-order valence-corrected chi connectivity index (χ4v) is 3.95. The van der Waals surface area contributed by atoms with E-state index < -0.39 is 11.9 Å². The van der Waals surface area contributed by atoms with Crippen LogP contribution in [0.4, 0.5) is 4.79 Å². The molecule has 0 radical (unpaired) electrons. The van der Waals surface area contributed by atoms with Crippen molar-refractivity contribution in [1.82, 2.24) is 4.90 Å². The van der Waals surface area contributed by atoms with Crippen LogP contribution in [-0.2, 0) is 4.79 Å². The lowest BCUT2D eigenvalue weighted by molar-refractivity contribution is -0.123. The molecule has 2 heterocycles. The predicted molar refractivity (Wildman–Crippen MR) is 120 cm³/mol. The molecule has 8 heteroatoms. The first-order valence-corrected chi connectivity index (χ1v) is 10.6. The highest BCUT2D eigenvalue weighted by Gasteiger charge is 2.35. The van der Waals surface area contributed by atoms with Gasteiger partial charge in [-0.1, -0.05) is 29.8 Å². The Labute approximate surface area is 188 Å². The third-order valence-electron chi connectivity index (χ3n) is 4.77. The summed E-state index contributed by atoms with van der Waals surface area (Å²) < 4.78 is 11.4. The molecule has 2 aromatic carbocycles. The van der Waals surface area contributed by atoms with Crippen molar-refractivity contribution in [2.24, 2.45) is 0 Å². The minimum atomic E-state index is -1.03. The third-order valence-corrected chi connectivity index (χ3v) is 5.68. The molecule has 0 atom stereocenters. The molecule has 1 N–H and O–H groups in total. The van der Waals surface area contributed by atoms with E-state index in [9.17, 15) is 14.4 Å². The molecule has 162 valence electrons. The minimum absolute atomic E-state index is 0.140. The zero-order chi connectivity index (χ0) is 22.7. The Morgan fingerprint density at radius 3 is 2.66 bits per heavy atom. The van der Waals surface area contributed by atoms with Crippen LogP contribution in [0.5, 0.6) is 5.75 Å². The quantitative estimate of drug-likeness (QED) is 0.503. The summed E-state index contributed by atoms with van der Waals surface area (Å²) in [5, 5.41) is 8.78. The first-order valence-electron chi connectivity index (χ1n) is 9.79. The maximum Gasteiger partial charge on any atom is 0.335 e. The number of carbonyl (C=O) groups is 3. The van der Waals surface area contributed by atoms with Crippen molar-refractivity contribution < 1.29 is 28.6 Å². The lowest BCUT2D eigenvalue weighted by atomic mass is 10.1. The third kappa shape index (κ3) is 4.76. The van der Waals surface area contributed by atoms with E-state index in [1.165, 1.54) is 18.2 Å². The first kappa shape index (κ1) is 21.5. The van der Waals surface area contributed by atoms with Gasteiger partial charge in [-0.3, -0.25) is 14.5 Å². The Kier molecular flexibility index (Phi) is 6.13. The average molecular weight is 449 g/mol. The SMILES string of the molecule is Cc1ccc(OCCN2C(=O)S/C(=C\c3ccc(-c4cccc(C(=O)O)c4)o3)C2=O)cc1. The Morgan fingerprint density at radius 2 is 1.91 bits per heavy atom. The minimum Gasteiger partial charge on any atom is -0.492 e. The van der Waals surface area contributed by atoms with Gasteiger partial charge in [-0.2, -0.15) is 0 Å². The summed E-state index contributed by atoms with van der Waals surface area (Å²) in [4.78, 5) is 37.5. The van der Waals surface area contributed by atoms with Crippen molar-refractivity contribution in [3.05, 3.63) is 82.5 Å². The van der Waals surface area contributed by atoms with Crippen LogP contribution in [-0.4, -0.2) is 40.3 Å². The molecular weight excluding hydrogens is 430 g/mol. The summed E-state index contributed by atoms with van der Waals surface area (Å²) in [6.07, 6.45) is 1.51. The molecule has 1 saturated heterocycles. The van der Waals surface area contributed by atoms with Gasteiger partial charge >= 0.3 is 5.97 Å². The Balaban J connectivity index is 1.42. The number of thioether (sulfide) groups is 1. The van der Waals surface area contributed by atoms with Crippen LogP contribution in [0, 0.1) is 6.92 Å². The van der Waals surface area contributed by atoms with Crippen LogP contribution in [0.2, 0.25) is 0 Å². The Morgan fingerprint density at radius 1 is 1.12 bits per heavy atom. The number of carboxylic acid groups (broad SMARTS) is 1. The second kappa shape index (κ2) is 9.15. The zero-order valence-corrected chi connectivity index (χ0v) is 17.9. The van der Waals surface area contributed by atoms with E-state index in [4.69, 9.17) is 14.3 Å². The predicted octanol–water partition coefficient (Wildman–Crippen LogP) is 5.07. The molecule has 32 heavy (non-hydrogen) atoms. The molecular formula is C24H19NO6S. The number of carboxylic acids is 1. The molecule has 0 unspecified atom stereocenters. The first-order chi connectivity index (χ1) is 15.4. The molecule has 1 fully saturated rings. The largest absolute Gasteiger partial charge is 0.492 e. The summed E-state index contributed by atoms with van der Waals surface area (Å²) in [6, 6.07) is 17.2. The maximum absolute atomic E-state index is 12.7. The number of nitrogens with zero attached hydrogens (tertiary/aromatic N) is 1. The summed E-state index contributed by atoms with van der Waals surface area (Å²) in [5.74, 6) is 0.0948. The zero-order valence-electron chi connectivity index (χ0n) is 17.1. The fourth-order valence-electron chi connectivity index (χ4n) is 3.10. The Bertz CT molecular complexity index is 1210. The smallest absolute Gasteiger partial charge is 0.335 e. The molecule has 1 aliphatic rings. The number of carbonyl (C=O) groups excluding carboxylic acids is 2. The molecule has 1 aromatic heterocycles. The molecule has 0 bridgehead atoms. The normalized spacial score (nSPS) is 14.9. The van der Waals surface area contributed by atoms with Gasteiger partial charge in [-0.15, -0.1) is 0 Å². The summed E-state index contributed by atoms with van der Waals surface area (Å²) in [5.41, 5.74) is 1.87. The van der Waals surface area contributed by atoms with Crippen molar-refractivity contribution in [1.29, 1.82) is 0 Å². The van der Waals surface area contributed by atoms with Crippen molar-refractivity contribution >= 4 is 35.0 Å². The number of ether oxygens (including phenoxy) is 1. The van der Waals surface area contributed by atoms with E-state index >= 15 is 0 Å². The molecule has 2 amide bonds. The van der Waals surface area contributed by atoms with Crippen LogP contribution >= 0.6 is 11.8 Å². The van der Waals surface area contributed by atoms with Gasteiger partial charge in [0.2, 0.25) is 0 Å². The standard InChI is InChI=1S/C24H19NO6S/c1-15-5-7-18(8-6-15)30-12-11-25-22(26)21(32-24(25)29)14-19-9-10-20(31-19)16-3-2-4-17(13-16)23(27)28/h2-10,13-14H,11-12H2,1H3,(H,27,28)/b21-14-. The Hall–Kier alpha value is -3.78. The van der Waals surface area contributed by atoms with Gasteiger partial charge in [0, 0.05) is 11.6 Å². The van der Waals surface area contributed by atoms with Crippen molar-refractivity contribution in [2.75, 3.05) is 13.2 Å². The number of hydrogen-bond donors (Lipinski definition) is 1. The molecule has 0 aliphatic carbocycles. The van der Waals surface area contributed by atoms with E-state index in [0.717, 1.165) is 22.2 Å². The van der Waals surface area contributed by atoms with E-state index in [-0.39, 0.29) is 28.9 Å². The van der Waals surface area contributed by atoms with Gasteiger partial charge < -0.3 is 14.3 Å².